The van der Waals surface area contributed by atoms with E-state index in [4.69, 9.17) is 9.72 Å². The summed E-state index contributed by atoms with van der Waals surface area (Å²) in [6, 6.07) is 12.1. The normalized spacial score (nSPS) is 10.9. The molecule has 31 heavy (non-hydrogen) atoms. The van der Waals surface area contributed by atoms with Crippen LogP contribution in [0.4, 0.5) is 5.13 Å². The number of fused-ring (bicyclic) bond motifs is 1. The Hall–Kier alpha value is -2.15. The van der Waals surface area contributed by atoms with Gasteiger partial charge in [-0.05, 0) is 56.3 Å². The lowest BCUT2D eigenvalue weighted by Crippen LogP contribution is -2.39. The number of benzene rings is 2. The average molecular weight is 462 g/mol. The zero-order valence-electron chi connectivity index (χ0n) is 19.0. The Morgan fingerprint density at radius 2 is 1.81 bits per heavy atom. The van der Waals surface area contributed by atoms with Gasteiger partial charge in [-0.2, -0.15) is 0 Å². The summed E-state index contributed by atoms with van der Waals surface area (Å²) < 4.78 is 6.37. The largest absolute Gasteiger partial charge is 0.497 e. The lowest BCUT2D eigenvalue weighted by molar-refractivity contribution is -0.118. The summed E-state index contributed by atoms with van der Waals surface area (Å²) in [6.07, 6.45) is 0.380. The van der Waals surface area contributed by atoms with Crippen molar-refractivity contribution in [3.8, 4) is 5.75 Å². The SMILES string of the molecule is CCN(CC)CCN(C(=O)Cc1cc(C)ccc1C)c1nc2ccc(OC)cc2s1.Cl. The van der Waals surface area contributed by atoms with Crippen molar-refractivity contribution in [2.24, 2.45) is 0 Å². The van der Waals surface area contributed by atoms with Crippen molar-refractivity contribution in [3.05, 3.63) is 53.1 Å². The molecule has 3 aromatic rings. The number of aromatic nitrogens is 1. The van der Waals surface area contributed by atoms with E-state index in [-0.39, 0.29) is 18.3 Å². The lowest BCUT2D eigenvalue weighted by Gasteiger charge is -2.25. The van der Waals surface area contributed by atoms with Crippen molar-refractivity contribution >= 4 is 45.0 Å². The van der Waals surface area contributed by atoms with Gasteiger partial charge in [-0.3, -0.25) is 9.69 Å². The van der Waals surface area contributed by atoms with E-state index in [0.717, 1.165) is 51.9 Å². The zero-order chi connectivity index (χ0) is 21.7. The number of ether oxygens (including phenoxy) is 1. The Balaban J connectivity index is 0.00000341. The first-order valence-electron chi connectivity index (χ1n) is 10.5. The van der Waals surface area contributed by atoms with Crippen LogP contribution >= 0.6 is 23.7 Å². The molecule has 0 unspecified atom stereocenters. The number of hydrogen-bond donors (Lipinski definition) is 0. The summed E-state index contributed by atoms with van der Waals surface area (Å²) in [5.41, 5.74) is 4.29. The number of anilines is 1. The number of carbonyl (C=O) groups excluding carboxylic acids is 1. The van der Waals surface area contributed by atoms with Crippen molar-refractivity contribution in [1.82, 2.24) is 9.88 Å². The molecule has 0 atom stereocenters. The number of thiazole rings is 1. The fourth-order valence-corrected chi connectivity index (χ4v) is 4.53. The van der Waals surface area contributed by atoms with E-state index in [1.54, 1.807) is 18.4 Å². The molecule has 2 aromatic carbocycles. The molecule has 0 bridgehead atoms. The smallest absolute Gasteiger partial charge is 0.233 e. The first kappa shape index (κ1) is 25.1. The van der Waals surface area contributed by atoms with Crippen LogP contribution in [0.2, 0.25) is 0 Å². The van der Waals surface area contributed by atoms with Gasteiger partial charge in [-0.15, -0.1) is 12.4 Å². The Bertz CT molecular complexity index is 1020. The van der Waals surface area contributed by atoms with E-state index < -0.39 is 0 Å². The van der Waals surface area contributed by atoms with Crippen molar-refractivity contribution in [1.29, 1.82) is 0 Å². The van der Waals surface area contributed by atoms with Gasteiger partial charge >= 0.3 is 0 Å². The van der Waals surface area contributed by atoms with E-state index in [9.17, 15) is 4.79 Å². The number of nitrogens with zero attached hydrogens (tertiary/aromatic N) is 3. The van der Waals surface area contributed by atoms with E-state index in [2.05, 4.69) is 50.8 Å². The predicted molar refractivity (Wildman–Crippen MR) is 133 cm³/mol. The van der Waals surface area contributed by atoms with Gasteiger partial charge in [-0.1, -0.05) is 48.9 Å². The molecule has 1 heterocycles. The number of halogens is 1. The molecule has 1 amide bonds. The van der Waals surface area contributed by atoms with Gasteiger partial charge in [0.15, 0.2) is 5.13 Å². The molecule has 5 nitrogen and oxygen atoms in total. The number of methoxy groups -OCH3 is 1. The number of likely N-dealkylation sites (N-methyl/N-ethyl adjacent to an activating group) is 1. The summed E-state index contributed by atoms with van der Waals surface area (Å²) in [5.74, 6) is 0.885. The van der Waals surface area contributed by atoms with Gasteiger partial charge in [0.25, 0.3) is 0 Å². The first-order chi connectivity index (χ1) is 14.4. The average Bonchev–Trinajstić information content (AvgIpc) is 3.16. The van der Waals surface area contributed by atoms with E-state index >= 15 is 0 Å². The number of aryl methyl sites for hydroxylation is 2. The van der Waals surface area contributed by atoms with Gasteiger partial charge in [0.05, 0.1) is 23.7 Å². The van der Waals surface area contributed by atoms with E-state index in [1.165, 1.54) is 5.56 Å². The molecule has 0 spiro atoms. The highest BCUT2D eigenvalue weighted by atomic mass is 35.5. The second kappa shape index (κ2) is 11.5. The molecule has 0 saturated heterocycles. The molecule has 0 aliphatic rings. The zero-order valence-corrected chi connectivity index (χ0v) is 20.6. The monoisotopic (exact) mass is 461 g/mol. The third-order valence-corrected chi connectivity index (χ3v) is 6.54. The summed E-state index contributed by atoms with van der Waals surface area (Å²) in [5, 5.41) is 0.751. The third kappa shape index (κ3) is 6.19. The molecule has 7 heteroatoms. The predicted octanol–water partition coefficient (Wildman–Crippen LogP) is 5.26. The summed E-state index contributed by atoms with van der Waals surface area (Å²) in [6.45, 7) is 11.8. The molecule has 0 N–H and O–H groups in total. The van der Waals surface area contributed by atoms with Crippen LogP contribution in [0.1, 0.15) is 30.5 Å². The number of rotatable bonds is 9. The molecular formula is C24H32ClN3O2S. The van der Waals surface area contributed by atoms with Crippen LogP contribution in [0, 0.1) is 13.8 Å². The number of carbonyl (C=O) groups is 1. The van der Waals surface area contributed by atoms with Gasteiger partial charge < -0.3 is 9.64 Å². The standard InChI is InChI=1S/C24H31N3O2S.ClH/c1-6-26(7-2)12-13-27(23(28)15-19-14-17(3)8-9-18(19)4)24-25-21-11-10-20(29-5)16-22(21)30-24;/h8-11,14,16H,6-7,12-13,15H2,1-5H3;1H. The molecule has 0 radical (unpaired) electrons. The second-order valence-corrected chi connectivity index (χ2v) is 8.52. The Labute approximate surface area is 195 Å². The van der Waals surface area contributed by atoms with Crippen LogP contribution in [0.25, 0.3) is 10.2 Å². The first-order valence-corrected chi connectivity index (χ1v) is 11.3. The highest BCUT2D eigenvalue weighted by molar-refractivity contribution is 7.22. The van der Waals surface area contributed by atoms with E-state index in [1.807, 2.05) is 23.1 Å². The van der Waals surface area contributed by atoms with Crippen LogP contribution in [0.5, 0.6) is 5.75 Å². The van der Waals surface area contributed by atoms with Gasteiger partial charge in [0.2, 0.25) is 5.91 Å². The Morgan fingerprint density at radius 1 is 1.06 bits per heavy atom. The van der Waals surface area contributed by atoms with Crippen LogP contribution in [-0.4, -0.2) is 49.1 Å². The molecule has 0 aliphatic heterocycles. The maximum absolute atomic E-state index is 13.4. The maximum atomic E-state index is 13.4. The van der Waals surface area contributed by atoms with Gasteiger partial charge in [0.1, 0.15) is 5.75 Å². The van der Waals surface area contributed by atoms with Crippen LogP contribution < -0.4 is 9.64 Å². The molecule has 3 rings (SSSR count). The van der Waals surface area contributed by atoms with Gasteiger partial charge in [-0.25, -0.2) is 4.98 Å². The van der Waals surface area contributed by atoms with Crippen molar-refractivity contribution < 1.29 is 9.53 Å². The molecule has 1 aromatic heterocycles. The quantitative estimate of drug-likeness (QED) is 0.436. The number of hydrogen-bond acceptors (Lipinski definition) is 5. The summed E-state index contributed by atoms with van der Waals surface area (Å²) in [7, 11) is 1.66. The minimum atomic E-state index is 0. The third-order valence-electron chi connectivity index (χ3n) is 5.50. The minimum absolute atomic E-state index is 0. The maximum Gasteiger partial charge on any atom is 0.233 e. The Kier molecular flexibility index (Phi) is 9.29. The van der Waals surface area contributed by atoms with E-state index in [0.29, 0.717) is 13.0 Å². The fraction of sp³-hybridized carbons (Fsp3) is 0.417. The summed E-state index contributed by atoms with van der Waals surface area (Å²) >= 11 is 1.54. The van der Waals surface area contributed by atoms with Crippen LogP contribution in [-0.2, 0) is 11.2 Å². The number of amides is 1. The lowest BCUT2D eigenvalue weighted by atomic mass is 10.0. The molecule has 0 saturated carbocycles. The van der Waals surface area contributed by atoms with Crippen molar-refractivity contribution in [3.63, 3.8) is 0 Å². The van der Waals surface area contributed by atoms with Crippen LogP contribution in [0.3, 0.4) is 0 Å². The fourth-order valence-electron chi connectivity index (χ4n) is 3.49. The molecule has 0 aliphatic carbocycles. The topological polar surface area (TPSA) is 45.7 Å². The molecule has 0 fully saturated rings. The van der Waals surface area contributed by atoms with Crippen LogP contribution in [0.15, 0.2) is 36.4 Å². The highest BCUT2D eigenvalue weighted by Crippen LogP contribution is 2.32. The molecule has 168 valence electrons. The van der Waals surface area contributed by atoms with Crippen molar-refractivity contribution in [2.45, 2.75) is 34.1 Å². The highest BCUT2D eigenvalue weighted by Gasteiger charge is 2.21. The minimum Gasteiger partial charge on any atom is -0.497 e. The van der Waals surface area contributed by atoms with Gasteiger partial charge in [0, 0.05) is 13.1 Å². The Morgan fingerprint density at radius 3 is 2.48 bits per heavy atom. The van der Waals surface area contributed by atoms with Crippen molar-refractivity contribution in [2.75, 3.05) is 38.2 Å². The molecular weight excluding hydrogens is 430 g/mol. The second-order valence-electron chi connectivity index (χ2n) is 7.51. The summed E-state index contributed by atoms with van der Waals surface area (Å²) in [4.78, 5) is 22.4.